The first kappa shape index (κ1) is 9.01. The van der Waals surface area contributed by atoms with E-state index in [0.29, 0.717) is 12.0 Å². The molecular formula is C9H18O2. The van der Waals surface area contributed by atoms with Crippen molar-refractivity contribution >= 4 is 0 Å². The van der Waals surface area contributed by atoms with Gasteiger partial charge in [-0.15, -0.1) is 0 Å². The second-order valence-corrected chi connectivity index (χ2v) is 3.49. The van der Waals surface area contributed by atoms with Gasteiger partial charge in [0.25, 0.3) is 0 Å². The Bertz CT molecular complexity index is 112. The molecule has 1 aliphatic heterocycles. The minimum atomic E-state index is 0.0477. The minimum absolute atomic E-state index is 0.0477. The van der Waals surface area contributed by atoms with Gasteiger partial charge in [0.2, 0.25) is 0 Å². The van der Waals surface area contributed by atoms with E-state index in [1.54, 1.807) is 0 Å². The molecule has 0 radical (unpaired) electrons. The van der Waals surface area contributed by atoms with Crippen LogP contribution in [0.15, 0.2) is 0 Å². The highest BCUT2D eigenvalue weighted by Gasteiger charge is 2.27. The zero-order valence-electron chi connectivity index (χ0n) is 7.67. The van der Waals surface area contributed by atoms with Crippen molar-refractivity contribution in [3.63, 3.8) is 0 Å². The van der Waals surface area contributed by atoms with Crippen molar-refractivity contribution in [2.45, 2.75) is 46.0 Å². The maximum atomic E-state index is 5.64. The van der Waals surface area contributed by atoms with E-state index < -0.39 is 0 Å². The first-order valence-corrected chi connectivity index (χ1v) is 4.51. The third-order valence-electron chi connectivity index (χ3n) is 1.93. The van der Waals surface area contributed by atoms with Crippen molar-refractivity contribution in [2.75, 3.05) is 6.61 Å². The second kappa shape index (κ2) is 4.07. The number of rotatable bonds is 3. The summed E-state index contributed by atoms with van der Waals surface area (Å²) in [7, 11) is 0. The van der Waals surface area contributed by atoms with Crippen LogP contribution in [0.4, 0.5) is 0 Å². The van der Waals surface area contributed by atoms with Gasteiger partial charge in [-0.25, -0.2) is 0 Å². The Labute approximate surface area is 68.9 Å². The maximum Gasteiger partial charge on any atom is 0.160 e. The summed E-state index contributed by atoms with van der Waals surface area (Å²) < 4.78 is 11.1. The molecule has 2 heteroatoms. The molecule has 0 N–H and O–H groups in total. The summed E-state index contributed by atoms with van der Waals surface area (Å²) in [4.78, 5) is 0. The van der Waals surface area contributed by atoms with Gasteiger partial charge in [-0.3, -0.25) is 0 Å². The fraction of sp³-hybridized carbons (Fsp3) is 1.00. The molecule has 2 unspecified atom stereocenters. The summed E-state index contributed by atoms with van der Waals surface area (Å²) in [6.45, 7) is 7.21. The zero-order chi connectivity index (χ0) is 8.27. The summed E-state index contributed by atoms with van der Waals surface area (Å²) in [5.74, 6) is 0.483. The molecule has 2 atom stereocenters. The summed E-state index contributed by atoms with van der Waals surface area (Å²) in [6, 6.07) is 0. The zero-order valence-corrected chi connectivity index (χ0v) is 7.67. The molecule has 0 saturated carbocycles. The number of hydrogen-bond acceptors (Lipinski definition) is 2. The van der Waals surface area contributed by atoms with Crippen molar-refractivity contribution in [3.8, 4) is 0 Å². The van der Waals surface area contributed by atoms with Gasteiger partial charge in [-0.05, 0) is 6.42 Å². The Morgan fingerprint density at radius 1 is 1.45 bits per heavy atom. The van der Waals surface area contributed by atoms with E-state index in [4.69, 9.17) is 9.47 Å². The van der Waals surface area contributed by atoms with Crippen molar-refractivity contribution in [1.29, 1.82) is 0 Å². The molecule has 0 aliphatic carbocycles. The number of hydrogen-bond donors (Lipinski definition) is 0. The van der Waals surface area contributed by atoms with Gasteiger partial charge in [0.15, 0.2) is 6.29 Å². The van der Waals surface area contributed by atoms with Crippen LogP contribution in [0.5, 0.6) is 0 Å². The molecule has 0 aromatic heterocycles. The first-order chi connectivity index (χ1) is 5.24. The van der Waals surface area contributed by atoms with Gasteiger partial charge < -0.3 is 9.47 Å². The van der Waals surface area contributed by atoms with Crippen LogP contribution >= 0.6 is 0 Å². The Hall–Kier alpha value is -0.0800. The fourth-order valence-electron chi connectivity index (χ4n) is 1.29. The van der Waals surface area contributed by atoms with Gasteiger partial charge in [-0.2, -0.15) is 0 Å². The molecular weight excluding hydrogens is 140 g/mol. The van der Waals surface area contributed by atoms with Crippen LogP contribution in [0, 0.1) is 5.92 Å². The maximum absolute atomic E-state index is 5.64. The van der Waals surface area contributed by atoms with Crippen molar-refractivity contribution in [3.05, 3.63) is 0 Å². The van der Waals surface area contributed by atoms with E-state index in [1.807, 2.05) is 0 Å². The average Bonchev–Trinajstić information content (AvgIpc) is 2.37. The Morgan fingerprint density at radius 2 is 2.18 bits per heavy atom. The van der Waals surface area contributed by atoms with Crippen molar-refractivity contribution in [2.24, 2.45) is 5.92 Å². The smallest absolute Gasteiger partial charge is 0.160 e. The van der Waals surface area contributed by atoms with Crippen LogP contribution in [-0.4, -0.2) is 19.0 Å². The van der Waals surface area contributed by atoms with Crippen LogP contribution in [0.2, 0.25) is 0 Å². The summed E-state index contributed by atoms with van der Waals surface area (Å²) in [5, 5.41) is 0. The topological polar surface area (TPSA) is 18.5 Å². The predicted octanol–water partition coefficient (Wildman–Crippen LogP) is 2.18. The quantitative estimate of drug-likeness (QED) is 0.626. The van der Waals surface area contributed by atoms with E-state index in [2.05, 4.69) is 20.8 Å². The largest absolute Gasteiger partial charge is 0.350 e. The van der Waals surface area contributed by atoms with E-state index >= 15 is 0 Å². The molecule has 0 spiro atoms. The fourth-order valence-corrected chi connectivity index (χ4v) is 1.29. The SMILES string of the molecule is CCCC1COC(C(C)C)O1. The van der Waals surface area contributed by atoms with Crippen LogP contribution < -0.4 is 0 Å². The van der Waals surface area contributed by atoms with Gasteiger partial charge in [0.05, 0.1) is 12.7 Å². The molecule has 1 heterocycles. The summed E-state index contributed by atoms with van der Waals surface area (Å²) in [6.07, 6.45) is 2.71. The molecule has 0 bridgehead atoms. The normalized spacial score (nSPS) is 31.6. The lowest BCUT2D eigenvalue weighted by molar-refractivity contribution is -0.0879. The second-order valence-electron chi connectivity index (χ2n) is 3.49. The van der Waals surface area contributed by atoms with Gasteiger partial charge in [0, 0.05) is 5.92 Å². The number of ether oxygens (including phenoxy) is 2. The predicted molar refractivity (Wildman–Crippen MR) is 44.4 cm³/mol. The standard InChI is InChI=1S/C9H18O2/c1-4-5-8-6-10-9(11-8)7(2)3/h7-9H,4-6H2,1-3H3. The Balaban J connectivity index is 2.23. The molecule has 0 amide bonds. The Kier molecular flexibility index (Phi) is 3.34. The average molecular weight is 158 g/mol. The van der Waals surface area contributed by atoms with Crippen molar-refractivity contribution < 1.29 is 9.47 Å². The van der Waals surface area contributed by atoms with Crippen LogP contribution in [0.3, 0.4) is 0 Å². The van der Waals surface area contributed by atoms with E-state index in [9.17, 15) is 0 Å². The highest BCUT2D eigenvalue weighted by atomic mass is 16.7. The monoisotopic (exact) mass is 158 g/mol. The molecule has 66 valence electrons. The molecule has 0 aromatic rings. The van der Waals surface area contributed by atoms with Gasteiger partial charge >= 0.3 is 0 Å². The molecule has 0 aromatic carbocycles. The third kappa shape index (κ3) is 2.46. The minimum Gasteiger partial charge on any atom is -0.350 e. The third-order valence-corrected chi connectivity index (χ3v) is 1.93. The van der Waals surface area contributed by atoms with Gasteiger partial charge in [-0.1, -0.05) is 27.2 Å². The van der Waals surface area contributed by atoms with Gasteiger partial charge in [0.1, 0.15) is 0 Å². The lowest BCUT2D eigenvalue weighted by Crippen LogP contribution is -2.17. The molecule has 1 fully saturated rings. The van der Waals surface area contributed by atoms with Crippen LogP contribution in [0.1, 0.15) is 33.6 Å². The van der Waals surface area contributed by atoms with Crippen LogP contribution in [0.25, 0.3) is 0 Å². The Morgan fingerprint density at radius 3 is 2.64 bits per heavy atom. The van der Waals surface area contributed by atoms with Crippen molar-refractivity contribution in [1.82, 2.24) is 0 Å². The summed E-state index contributed by atoms with van der Waals surface area (Å²) >= 11 is 0. The molecule has 1 saturated heterocycles. The lowest BCUT2D eigenvalue weighted by Gasteiger charge is -2.13. The first-order valence-electron chi connectivity index (χ1n) is 4.51. The summed E-state index contributed by atoms with van der Waals surface area (Å²) in [5.41, 5.74) is 0. The molecule has 1 aliphatic rings. The highest BCUT2D eigenvalue weighted by molar-refractivity contribution is 4.66. The molecule has 11 heavy (non-hydrogen) atoms. The molecule has 2 nitrogen and oxygen atoms in total. The van der Waals surface area contributed by atoms with E-state index in [-0.39, 0.29) is 6.29 Å². The molecule has 1 rings (SSSR count). The highest BCUT2D eigenvalue weighted by Crippen LogP contribution is 2.20. The van der Waals surface area contributed by atoms with E-state index in [0.717, 1.165) is 13.0 Å². The van der Waals surface area contributed by atoms with E-state index in [1.165, 1.54) is 6.42 Å². The van der Waals surface area contributed by atoms with Crippen LogP contribution in [-0.2, 0) is 9.47 Å². The lowest BCUT2D eigenvalue weighted by atomic mass is 10.2.